The fourth-order valence-corrected chi connectivity index (χ4v) is 4.29. The number of aromatic nitrogens is 3. The molecule has 0 unspecified atom stereocenters. The first kappa shape index (κ1) is 16.4. The minimum absolute atomic E-state index is 0.839. The molecule has 0 fully saturated rings. The van der Waals surface area contributed by atoms with E-state index in [0.29, 0.717) is 0 Å². The molecule has 6 nitrogen and oxygen atoms in total. The lowest BCUT2D eigenvalue weighted by Gasteiger charge is -2.18. The van der Waals surface area contributed by atoms with Crippen LogP contribution >= 0.6 is 11.8 Å². The van der Waals surface area contributed by atoms with E-state index in [1.807, 2.05) is 26.4 Å². The van der Waals surface area contributed by atoms with Crippen LogP contribution in [0.15, 0.2) is 40.3 Å². The van der Waals surface area contributed by atoms with Gasteiger partial charge in [-0.05, 0) is 38.4 Å². The Labute approximate surface area is 151 Å². The maximum absolute atomic E-state index is 4.90. The van der Waals surface area contributed by atoms with Gasteiger partial charge in [0.15, 0.2) is 0 Å². The minimum atomic E-state index is 0.839. The molecule has 0 spiro atoms. The van der Waals surface area contributed by atoms with Gasteiger partial charge in [0.1, 0.15) is 11.4 Å². The van der Waals surface area contributed by atoms with Crippen LogP contribution in [0.25, 0.3) is 22.3 Å². The van der Waals surface area contributed by atoms with E-state index in [9.17, 15) is 0 Å². The van der Waals surface area contributed by atoms with Gasteiger partial charge in [0.25, 0.3) is 0 Å². The summed E-state index contributed by atoms with van der Waals surface area (Å²) in [5.41, 5.74) is 4.31. The third kappa shape index (κ3) is 2.88. The molecule has 0 amide bonds. The number of rotatable bonds is 7. The van der Waals surface area contributed by atoms with Gasteiger partial charge in [0, 0.05) is 46.7 Å². The predicted molar refractivity (Wildman–Crippen MR) is 103 cm³/mol. The largest absolute Gasteiger partial charge is 0.383 e. The molecule has 4 rings (SSSR count). The number of nitrogens with one attached hydrogen (secondary N) is 3. The molecule has 25 heavy (non-hydrogen) atoms. The Kier molecular flexibility index (Phi) is 4.61. The summed E-state index contributed by atoms with van der Waals surface area (Å²) >= 11 is 1.78. The molecular formula is C18H22N6S. The van der Waals surface area contributed by atoms with Crippen molar-refractivity contribution in [3.63, 3.8) is 0 Å². The molecule has 0 atom stereocenters. The molecule has 130 valence electrons. The van der Waals surface area contributed by atoms with Crippen molar-refractivity contribution < 1.29 is 0 Å². The Bertz CT molecular complexity index is 904. The van der Waals surface area contributed by atoms with Crippen LogP contribution in [0.4, 0.5) is 5.69 Å². The average Bonchev–Trinajstić information content (AvgIpc) is 3.02. The van der Waals surface area contributed by atoms with Crippen molar-refractivity contribution in [3.8, 4) is 11.4 Å². The number of hydrogen-bond acceptors (Lipinski definition) is 6. The van der Waals surface area contributed by atoms with Gasteiger partial charge in [0.05, 0.1) is 12.1 Å². The smallest absolute Gasteiger partial charge is 0.121 e. The zero-order valence-corrected chi connectivity index (χ0v) is 15.3. The summed E-state index contributed by atoms with van der Waals surface area (Å²) in [4.78, 5) is 7.01. The Hall–Kier alpha value is -2.09. The molecule has 2 aromatic heterocycles. The molecule has 1 aromatic carbocycles. The summed E-state index contributed by atoms with van der Waals surface area (Å²) in [6.07, 6.45) is 1.85. The zero-order chi connectivity index (χ0) is 17.2. The molecule has 3 aromatic rings. The number of anilines is 1. The fraction of sp³-hybridized carbons (Fsp3) is 0.333. The van der Waals surface area contributed by atoms with Crippen LogP contribution in [0.3, 0.4) is 0 Å². The average molecular weight is 354 g/mol. The molecule has 7 heteroatoms. The predicted octanol–water partition coefficient (Wildman–Crippen LogP) is 2.41. The SMILES string of the molecule is CNCCNc1ccc2c3c(nn2CCNC)-c2ncccc2Sc13. The van der Waals surface area contributed by atoms with Crippen molar-refractivity contribution in [1.29, 1.82) is 0 Å². The summed E-state index contributed by atoms with van der Waals surface area (Å²) in [7, 11) is 3.93. The summed E-state index contributed by atoms with van der Waals surface area (Å²) in [6, 6.07) is 8.45. The second-order valence-corrected chi connectivity index (χ2v) is 7.05. The van der Waals surface area contributed by atoms with E-state index < -0.39 is 0 Å². The Morgan fingerprint density at radius 3 is 2.76 bits per heavy atom. The molecule has 3 N–H and O–H groups in total. The number of benzene rings is 1. The lowest BCUT2D eigenvalue weighted by Crippen LogP contribution is -2.18. The van der Waals surface area contributed by atoms with Gasteiger partial charge in [0.2, 0.25) is 0 Å². The molecule has 3 heterocycles. The van der Waals surface area contributed by atoms with E-state index in [2.05, 4.69) is 43.8 Å². The molecular weight excluding hydrogens is 332 g/mol. The number of likely N-dealkylation sites (N-methyl/N-ethyl adjacent to an activating group) is 2. The van der Waals surface area contributed by atoms with Crippen molar-refractivity contribution in [2.24, 2.45) is 0 Å². The van der Waals surface area contributed by atoms with Gasteiger partial charge in [-0.3, -0.25) is 9.67 Å². The van der Waals surface area contributed by atoms with E-state index >= 15 is 0 Å². The van der Waals surface area contributed by atoms with E-state index in [0.717, 1.165) is 48.1 Å². The highest BCUT2D eigenvalue weighted by atomic mass is 32.2. The first-order valence-corrected chi connectivity index (χ1v) is 9.35. The molecule has 0 saturated heterocycles. The Morgan fingerprint density at radius 2 is 1.92 bits per heavy atom. The zero-order valence-electron chi connectivity index (χ0n) is 14.5. The van der Waals surface area contributed by atoms with E-state index in [1.165, 1.54) is 15.8 Å². The normalized spacial score (nSPS) is 12.4. The van der Waals surface area contributed by atoms with Crippen LogP contribution in [0.2, 0.25) is 0 Å². The summed E-state index contributed by atoms with van der Waals surface area (Å²) in [6.45, 7) is 3.54. The first-order valence-electron chi connectivity index (χ1n) is 8.53. The van der Waals surface area contributed by atoms with Gasteiger partial charge >= 0.3 is 0 Å². The minimum Gasteiger partial charge on any atom is -0.383 e. The maximum Gasteiger partial charge on any atom is 0.121 e. The van der Waals surface area contributed by atoms with Gasteiger partial charge in [-0.1, -0.05) is 11.8 Å². The van der Waals surface area contributed by atoms with Crippen molar-refractivity contribution in [2.45, 2.75) is 16.3 Å². The highest BCUT2D eigenvalue weighted by molar-refractivity contribution is 8.00. The van der Waals surface area contributed by atoms with Gasteiger partial charge < -0.3 is 16.0 Å². The maximum atomic E-state index is 4.90. The van der Waals surface area contributed by atoms with E-state index in [1.54, 1.807) is 11.8 Å². The van der Waals surface area contributed by atoms with Crippen LogP contribution in [0.1, 0.15) is 0 Å². The molecule has 1 aliphatic heterocycles. The summed E-state index contributed by atoms with van der Waals surface area (Å²) in [5.74, 6) is 0. The van der Waals surface area contributed by atoms with E-state index in [-0.39, 0.29) is 0 Å². The standard InChI is InChI=1S/C18H22N6S/c1-19-8-9-21-12-5-6-13-15-17(23-24(13)11-10-20-2)16-14(25-18(12)15)4-3-7-22-16/h3-7,19-21H,8-11H2,1-2H3. The van der Waals surface area contributed by atoms with Crippen molar-refractivity contribution in [3.05, 3.63) is 30.5 Å². The topological polar surface area (TPSA) is 66.8 Å². The first-order chi connectivity index (χ1) is 12.3. The van der Waals surface area contributed by atoms with Crippen molar-refractivity contribution >= 4 is 28.4 Å². The second kappa shape index (κ2) is 7.03. The van der Waals surface area contributed by atoms with Crippen molar-refractivity contribution in [1.82, 2.24) is 25.4 Å². The van der Waals surface area contributed by atoms with Gasteiger partial charge in [-0.2, -0.15) is 5.10 Å². The molecule has 0 bridgehead atoms. The highest BCUT2D eigenvalue weighted by Crippen LogP contribution is 2.49. The molecule has 1 aliphatic rings. The van der Waals surface area contributed by atoms with Crippen LogP contribution in [-0.4, -0.2) is 48.5 Å². The number of pyridine rings is 1. The third-order valence-electron chi connectivity index (χ3n) is 4.34. The Balaban J connectivity index is 1.86. The van der Waals surface area contributed by atoms with Crippen molar-refractivity contribution in [2.75, 3.05) is 39.0 Å². The molecule has 0 saturated carbocycles. The quantitative estimate of drug-likeness (QED) is 0.443. The lowest BCUT2D eigenvalue weighted by atomic mass is 10.1. The summed E-state index contributed by atoms with van der Waals surface area (Å²) < 4.78 is 2.09. The fourth-order valence-electron chi connectivity index (χ4n) is 3.12. The highest BCUT2D eigenvalue weighted by Gasteiger charge is 2.26. The monoisotopic (exact) mass is 354 g/mol. The van der Waals surface area contributed by atoms with Crippen LogP contribution in [0, 0.1) is 0 Å². The Morgan fingerprint density at radius 1 is 1.04 bits per heavy atom. The number of nitrogens with zero attached hydrogens (tertiary/aromatic N) is 3. The molecule has 0 aliphatic carbocycles. The number of hydrogen-bond donors (Lipinski definition) is 3. The van der Waals surface area contributed by atoms with Crippen LogP contribution < -0.4 is 16.0 Å². The van der Waals surface area contributed by atoms with Crippen LogP contribution in [-0.2, 0) is 6.54 Å². The van der Waals surface area contributed by atoms with E-state index in [4.69, 9.17) is 5.10 Å². The lowest BCUT2D eigenvalue weighted by molar-refractivity contribution is 0.602. The van der Waals surface area contributed by atoms with Crippen LogP contribution in [0.5, 0.6) is 0 Å². The second-order valence-electron chi connectivity index (χ2n) is 5.99. The number of fused-ring (bicyclic) bond motifs is 2. The third-order valence-corrected chi connectivity index (χ3v) is 5.52. The van der Waals surface area contributed by atoms with Gasteiger partial charge in [-0.15, -0.1) is 0 Å². The van der Waals surface area contributed by atoms with Gasteiger partial charge in [-0.25, -0.2) is 0 Å². The molecule has 0 radical (unpaired) electrons. The summed E-state index contributed by atoms with van der Waals surface area (Å²) in [5, 5.41) is 16.0.